The van der Waals surface area contributed by atoms with Crippen LogP contribution in [0.4, 0.5) is 10.5 Å². The Morgan fingerprint density at radius 1 is 1.07 bits per heavy atom. The molecule has 0 unspecified atom stereocenters. The fourth-order valence-electron chi connectivity index (χ4n) is 3.12. The molecule has 1 aliphatic rings. The van der Waals surface area contributed by atoms with Crippen molar-refractivity contribution >= 4 is 35.0 Å². The lowest BCUT2D eigenvalue weighted by atomic mass is 9.87. The smallest absolute Gasteiger partial charge is 0.331 e. The first-order valence-electron chi connectivity index (χ1n) is 8.89. The summed E-state index contributed by atoms with van der Waals surface area (Å²) in [6.07, 6.45) is 1.38. The first kappa shape index (κ1) is 18.8. The summed E-state index contributed by atoms with van der Waals surface area (Å²) >= 11 is 5.27. The van der Waals surface area contributed by atoms with Crippen LogP contribution in [0.1, 0.15) is 31.4 Å². The molecule has 1 saturated heterocycles. The van der Waals surface area contributed by atoms with Gasteiger partial charge in [-0.15, -0.1) is 0 Å². The molecule has 3 amide bonds. The average molecular weight is 382 g/mol. The highest BCUT2D eigenvalue weighted by atomic mass is 32.1. The highest BCUT2D eigenvalue weighted by molar-refractivity contribution is 7.80. The molecule has 0 bridgehead atoms. The Kier molecular flexibility index (Phi) is 5.41. The molecular formula is C20H22N4O2S. The Morgan fingerprint density at radius 3 is 2.33 bits per heavy atom. The number of urea groups is 1. The summed E-state index contributed by atoms with van der Waals surface area (Å²) in [6.45, 7) is 3.94. The van der Waals surface area contributed by atoms with Crippen molar-refractivity contribution in [3.8, 4) is 0 Å². The van der Waals surface area contributed by atoms with Gasteiger partial charge in [-0.1, -0.05) is 56.3 Å². The van der Waals surface area contributed by atoms with E-state index < -0.39 is 11.6 Å². The van der Waals surface area contributed by atoms with Gasteiger partial charge in [0.25, 0.3) is 5.91 Å². The first-order valence-corrected chi connectivity index (χ1v) is 9.29. The first-order chi connectivity index (χ1) is 13.0. The molecule has 0 spiro atoms. The highest BCUT2D eigenvalue weighted by Crippen LogP contribution is 2.31. The van der Waals surface area contributed by atoms with Gasteiger partial charge in [0.2, 0.25) is 0 Å². The maximum Gasteiger partial charge on any atom is 0.344 e. The topological polar surface area (TPSA) is 73.5 Å². The number of thiocarbonyl (C=S) groups is 1. The van der Waals surface area contributed by atoms with E-state index in [-0.39, 0.29) is 11.0 Å². The second-order valence-electron chi connectivity index (χ2n) is 6.31. The molecule has 0 saturated carbocycles. The van der Waals surface area contributed by atoms with Crippen LogP contribution in [-0.2, 0) is 16.8 Å². The standard InChI is InChI=1S/C20H22N4O2S/c1-3-14-10-12-16(13-11-14)21-18(27)23-24-17(25)20(4-2,22-19(24)26)15-8-6-5-7-9-15/h5-13H,3-4H2,1-2H3,(H,22,26)(H2,21,23,27)/t20-/m1/s1. The van der Waals surface area contributed by atoms with Crippen molar-refractivity contribution < 1.29 is 9.59 Å². The Bertz CT molecular complexity index is 854. The molecule has 3 rings (SSSR count). The van der Waals surface area contributed by atoms with E-state index >= 15 is 0 Å². The molecule has 2 aromatic rings. The van der Waals surface area contributed by atoms with E-state index in [9.17, 15) is 9.59 Å². The largest absolute Gasteiger partial charge is 0.344 e. The average Bonchev–Trinajstić information content (AvgIpc) is 2.94. The number of carbonyl (C=O) groups is 2. The van der Waals surface area contributed by atoms with Crippen LogP contribution in [0.2, 0.25) is 0 Å². The van der Waals surface area contributed by atoms with Crippen molar-refractivity contribution in [2.24, 2.45) is 0 Å². The van der Waals surface area contributed by atoms with E-state index in [4.69, 9.17) is 12.2 Å². The van der Waals surface area contributed by atoms with Crippen molar-refractivity contribution in [1.29, 1.82) is 0 Å². The number of hydrazine groups is 1. The summed E-state index contributed by atoms with van der Waals surface area (Å²) in [6, 6.07) is 16.5. The number of amides is 3. The molecule has 27 heavy (non-hydrogen) atoms. The number of hydrogen-bond donors (Lipinski definition) is 3. The summed E-state index contributed by atoms with van der Waals surface area (Å²) in [5, 5.41) is 6.90. The number of imide groups is 1. The predicted molar refractivity (Wildman–Crippen MR) is 109 cm³/mol. The monoisotopic (exact) mass is 382 g/mol. The zero-order valence-corrected chi connectivity index (χ0v) is 16.1. The van der Waals surface area contributed by atoms with E-state index in [1.807, 2.05) is 61.5 Å². The molecule has 7 heteroatoms. The second kappa shape index (κ2) is 7.75. The van der Waals surface area contributed by atoms with Gasteiger partial charge in [-0.3, -0.25) is 10.2 Å². The van der Waals surface area contributed by atoms with Crippen molar-refractivity contribution in [2.45, 2.75) is 32.2 Å². The van der Waals surface area contributed by atoms with Gasteiger partial charge < -0.3 is 10.6 Å². The fourth-order valence-corrected chi connectivity index (χ4v) is 3.33. The van der Waals surface area contributed by atoms with E-state index in [0.717, 1.165) is 22.7 Å². The van der Waals surface area contributed by atoms with Gasteiger partial charge in [0.15, 0.2) is 5.11 Å². The Balaban J connectivity index is 1.74. The number of rotatable bonds is 5. The summed E-state index contributed by atoms with van der Waals surface area (Å²) < 4.78 is 0. The minimum atomic E-state index is -1.09. The minimum Gasteiger partial charge on any atom is -0.331 e. The van der Waals surface area contributed by atoms with Crippen LogP contribution in [0.5, 0.6) is 0 Å². The van der Waals surface area contributed by atoms with Crippen LogP contribution >= 0.6 is 12.2 Å². The quantitative estimate of drug-likeness (QED) is 0.547. The molecule has 0 radical (unpaired) electrons. The van der Waals surface area contributed by atoms with Crippen molar-refractivity contribution in [2.75, 3.05) is 5.32 Å². The zero-order valence-electron chi connectivity index (χ0n) is 15.3. The molecule has 1 heterocycles. The number of nitrogens with zero attached hydrogens (tertiary/aromatic N) is 1. The van der Waals surface area contributed by atoms with E-state index in [1.165, 1.54) is 5.56 Å². The highest BCUT2D eigenvalue weighted by Gasteiger charge is 2.51. The van der Waals surface area contributed by atoms with Crippen LogP contribution in [0, 0.1) is 0 Å². The van der Waals surface area contributed by atoms with Gasteiger partial charge in [0.05, 0.1) is 0 Å². The maximum atomic E-state index is 13.0. The number of nitrogens with one attached hydrogen (secondary N) is 3. The molecular weight excluding hydrogens is 360 g/mol. The lowest BCUT2D eigenvalue weighted by molar-refractivity contribution is -0.133. The number of carbonyl (C=O) groups excluding carboxylic acids is 2. The van der Waals surface area contributed by atoms with Crippen LogP contribution in [0.3, 0.4) is 0 Å². The van der Waals surface area contributed by atoms with Gasteiger partial charge in [-0.2, -0.15) is 5.01 Å². The number of benzene rings is 2. The SMILES string of the molecule is CCc1ccc(NC(=S)NN2C(=O)N[C@](CC)(c3ccccc3)C2=O)cc1. The van der Waals surface area contributed by atoms with Gasteiger partial charge >= 0.3 is 6.03 Å². The minimum absolute atomic E-state index is 0.169. The lowest BCUT2D eigenvalue weighted by Gasteiger charge is -2.25. The molecule has 140 valence electrons. The number of anilines is 1. The zero-order chi connectivity index (χ0) is 19.4. The molecule has 3 N–H and O–H groups in total. The van der Waals surface area contributed by atoms with Crippen molar-refractivity contribution in [3.63, 3.8) is 0 Å². The molecule has 6 nitrogen and oxygen atoms in total. The van der Waals surface area contributed by atoms with Gasteiger partial charge in [-0.25, -0.2) is 4.79 Å². The van der Waals surface area contributed by atoms with E-state index in [2.05, 4.69) is 23.0 Å². The molecule has 1 fully saturated rings. The van der Waals surface area contributed by atoms with E-state index in [1.54, 1.807) is 0 Å². The molecule has 1 aliphatic heterocycles. The summed E-state index contributed by atoms with van der Waals surface area (Å²) in [4.78, 5) is 25.5. The van der Waals surface area contributed by atoms with Crippen LogP contribution in [-0.4, -0.2) is 22.1 Å². The molecule has 1 atom stereocenters. The normalized spacial score (nSPS) is 19.0. The Morgan fingerprint density at radius 2 is 1.74 bits per heavy atom. The van der Waals surface area contributed by atoms with Crippen LogP contribution in [0.15, 0.2) is 54.6 Å². The molecule has 0 aliphatic carbocycles. The molecule has 2 aromatic carbocycles. The fraction of sp³-hybridized carbons (Fsp3) is 0.250. The number of hydrogen-bond acceptors (Lipinski definition) is 3. The van der Waals surface area contributed by atoms with Crippen LogP contribution in [0.25, 0.3) is 0 Å². The second-order valence-corrected chi connectivity index (χ2v) is 6.72. The van der Waals surface area contributed by atoms with Gasteiger partial charge in [0, 0.05) is 5.69 Å². The maximum absolute atomic E-state index is 13.0. The number of aryl methyl sites for hydroxylation is 1. The van der Waals surface area contributed by atoms with E-state index in [0.29, 0.717) is 6.42 Å². The van der Waals surface area contributed by atoms with Crippen molar-refractivity contribution in [3.05, 3.63) is 65.7 Å². The van der Waals surface area contributed by atoms with Gasteiger partial charge in [0.1, 0.15) is 5.54 Å². The van der Waals surface area contributed by atoms with Crippen molar-refractivity contribution in [1.82, 2.24) is 15.8 Å². The molecule has 0 aromatic heterocycles. The summed E-state index contributed by atoms with van der Waals surface area (Å²) in [7, 11) is 0. The van der Waals surface area contributed by atoms with Crippen LogP contribution < -0.4 is 16.1 Å². The lowest BCUT2D eigenvalue weighted by Crippen LogP contribution is -2.49. The third-order valence-corrected chi connectivity index (χ3v) is 4.92. The Labute approximate surface area is 163 Å². The Hall–Kier alpha value is -2.93. The summed E-state index contributed by atoms with van der Waals surface area (Å²) in [5.41, 5.74) is 4.34. The predicted octanol–water partition coefficient (Wildman–Crippen LogP) is 3.31. The third-order valence-electron chi connectivity index (χ3n) is 4.72. The third kappa shape index (κ3) is 3.64. The summed E-state index contributed by atoms with van der Waals surface area (Å²) in [5.74, 6) is -0.383. The van der Waals surface area contributed by atoms with Gasteiger partial charge in [-0.05, 0) is 48.3 Å².